The van der Waals surface area contributed by atoms with Gasteiger partial charge in [-0.3, -0.25) is 14.4 Å². The second kappa shape index (κ2) is 7.71. The molecule has 4 rings (SSSR count). The summed E-state index contributed by atoms with van der Waals surface area (Å²) in [6.07, 6.45) is -3.98. The zero-order chi connectivity index (χ0) is 23.4. The summed E-state index contributed by atoms with van der Waals surface area (Å²) in [7, 11) is -4.18. The second-order valence-electron chi connectivity index (χ2n) is 8.19. The Kier molecular flexibility index (Phi) is 5.42. The molecule has 12 heteroatoms. The molecule has 2 aliphatic heterocycles. The molecule has 0 bridgehead atoms. The van der Waals surface area contributed by atoms with Crippen molar-refractivity contribution in [2.75, 3.05) is 6.61 Å². The van der Waals surface area contributed by atoms with Crippen molar-refractivity contribution in [3.63, 3.8) is 0 Å². The Balaban J connectivity index is 1.83. The highest BCUT2D eigenvalue weighted by Crippen LogP contribution is 2.50. The summed E-state index contributed by atoms with van der Waals surface area (Å²) in [4.78, 5) is 41.6. The molecule has 1 N–H and O–H groups in total. The van der Waals surface area contributed by atoms with Crippen LogP contribution in [0.25, 0.3) is 0 Å². The van der Waals surface area contributed by atoms with E-state index >= 15 is 0 Å². The number of sulfonamides is 1. The molecule has 1 aliphatic carbocycles. The number of benzene rings is 1. The maximum absolute atomic E-state index is 13.4. The smallest absolute Gasteiger partial charge is 0.408 e. The predicted molar refractivity (Wildman–Crippen MR) is 106 cm³/mol. The Morgan fingerprint density at radius 1 is 1.12 bits per heavy atom. The number of nitrogens with one attached hydrogen (secondary N) is 1. The highest BCUT2D eigenvalue weighted by molar-refractivity contribution is 7.89. The third kappa shape index (κ3) is 3.33. The van der Waals surface area contributed by atoms with Crippen molar-refractivity contribution < 1.29 is 41.8 Å². The molecule has 2 saturated heterocycles. The largest absolute Gasteiger partial charge is 0.459 e. The van der Waals surface area contributed by atoms with Crippen molar-refractivity contribution in [1.82, 2.24) is 9.79 Å². The molecule has 174 valence electrons. The number of aryl methyl sites for hydroxylation is 1. The first kappa shape index (κ1) is 22.5. The number of esters is 2. The number of amides is 1. The summed E-state index contributed by atoms with van der Waals surface area (Å²) in [6, 6.07) is 5.11. The summed E-state index contributed by atoms with van der Waals surface area (Å²) in [5, 5.41) is 2.65. The SMILES string of the molecule is CC(=O)O[C@@H]1[C@H]2CON(S(=O)(=O)c3ccc(C)cc3)[C@H]2[C@H](OC(C)=O)[C@@]12NC(=O)O[C@@H]2C. The van der Waals surface area contributed by atoms with Crippen LogP contribution >= 0.6 is 0 Å². The topological polar surface area (TPSA) is 138 Å². The monoisotopic (exact) mass is 468 g/mol. The minimum Gasteiger partial charge on any atom is -0.459 e. The maximum Gasteiger partial charge on any atom is 0.408 e. The zero-order valence-electron chi connectivity index (χ0n) is 17.9. The van der Waals surface area contributed by atoms with Crippen molar-refractivity contribution in [2.24, 2.45) is 5.92 Å². The summed E-state index contributed by atoms with van der Waals surface area (Å²) in [5.74, 6) is -2.08. The van der Waals surface area contributed by atoms with Crippen LogP contribution in [0.15, 0.2) is 29.2 Å². The molecular formula is C20H24N2O9S. The van der Waals surface area contributed by atoms with Crippen LogP contribution in [-0.2, 0) is 38.7 Å². The number of hydrogen-bond donors (Lipinski definition) is 1. The van der Waals surface area contributed by atoms with Gasteiger partial charge in [-0.2, -0.15) is 0 Å². The van der Waals surface area contributed by atoms with Crippen LogP contribution in [0.4, 0.5) is 4.79 Å². The first-order valence-electron chi connectivity index (χ1n) is 10.1. The van der Waals surface area contributed by atoms with E-state index in [1.807, 2.05) is 6.92 Å². The van der Waals surface area contributed by atoms with Crippen LogP contribution in [-0.4, -0.2) is 67.4 Å². The quantitative estimate of drug-likeness (QED) is 0.499. The van der Waals surface area contributed by atoms with Gasteiger partial charge < -0.3 is 19.5 Å². The zero-order valence-corrected chi connectivity index (χ0v) is 18.7. The van der Waals surface area contributed by atoms with Crippen molar-refractivity contribution >= 4 is 28.1 Å². The Morgan fingerprint density at radius 2 is 1.72 bits per heavy atom. The molecule has 0 aromatic heterocycles. The molecule has 11 nitrogen and oxygen atoms in total. The van der Waals surface area contributed by atoms with Crippen LogP contribution < -0.4 is 5.32 Å². The highest BCUT2D eigenvalue weighted by Gasteiger charge is 2.74. The van der Waals surface area contributed by atoms with Crippen LogP contribution in [0.1, 0.15) is 26.3 Å². The Bertz CT molecular complexity index is 1060. The number of cyclic esters (lactones) is 1. The van der Waals surface area contributed by atoms with Crippen LogP contribution in [0.5, 0.6) is 0 Å². The van der Waals surface area contributed by atoms with E-state index in [1.54, 1.807) is 19.1 Å². The van der Waals surface area contributed by atoms with Gasteiger partial charge in [0, 0.05) is 19.8 Å². The van der Waals surface area contributed by atoms with Gasteiger partial charge >= 0.3 is 18.0 Å². The first-order valence-corrected chi connectivity index (χ1v) is 11.5. The lowest BCUT2D eigenvalue weighted by atomic mass is 9.86. The van der Waals surface area contributed by atoms with Gasteiger partial charge in [-0.25, -0.2) is 13.2 Å². The highest BCUT2D eigenvalue weighted by atomic mass is 32.2. The average Bonchev–Trinajstić information content (AvgIpc) is 3.31. The Labute approximate surface area is 184 Å². The number of fused-ring (bicyclic) bond motifs is 1. The summed E-state index contributed by atoms with van der Waals surface area (Å²) in [6.45, 7) is 5.60. The van der Waals surface area contributed by atoms with Gasteiger partial charge in [-0.05, 0) is 26.0 Å². The number of alkyl carbamates (subject to hydrolysis) is 1. The minimum atomic E-state index is -4.18. The molecule has 3 aliphatic rings. The molecule has 1 aromatic rings. The molecule has 2 heterocycles. The summed E-state index contributed by atoms with van der Waals surface area (Å²) < 4.78 is 44.0. The second-order valence-corrected chi connectivity index (χ2v) is 9.97. The normalized spacial score (nSPS) is 34.1. The number of hydroxylamine groups is 1. The van der Waals surface area contributed by atoms with Gasteiger partial charge in [0.15, 0.2) is 11.6 Å². The van der Waals surface area contributed by atoms with E-state index in [-0.39, 0.29) is 11.5 Å². The van der Waals surface area contributed by atoms with Gasteiger partial charge in [0.2, 0.25) is 0 Å². The Hall–Kier alpha value is -2.70. The standard InChI is InChI=1S/C20H24N2O9S/c1-10-5-7-14(8-6-10)32(26,27)22-16-15(9-28-22)17(30-12(3)23)20(18(16)31-13(4)24)11(2)29-19(25)21-20/h5-8,11,15-18H,9H2,1-4H3,(H,21,25)/t11-,15+,16-,17-,18+,20+/m1/s1. The summed E-state index contributed by atoms with van der Waals surface area (Å²) >= 11 is 0. The predicted octanol–water partition coefficient (Wildman–Crippen LogP) is 0.660. The molecule has 0 radical (unpaired) electrons. The van der Waals surface area contributed by atoms with Gasteiger partial charge in [0.25, 0.3) is 10.0 Å². The van der Waals surface area contributed by atoms with Crippen LogP contribution in [0.3, 0.4) is 0 Å². The fourth-order valence-electron chi connectivity index (χ4n) is 4.83. The van der Waals surface area contributed by atoms with E-state index in [0.29, 0.717) is 0 Å². The van der Waals surface area contributed by atoms with Crippen molar-refractivity contribution in [1.29, 1.82) is 0 Å². The number of nitrogens with zero attached hydrogens (tertiary/aromatic N) is 1. The molecule has 1 aromatic carbocycles. The Morgan fingerprint density at radius 3 is 2.25 bits per heavy atom. The van der Waals surface area contributed by atoms with Gasteiger partial charge in [-0.1, -0.05) is 22.2 Å². The van der Waals surface area contributed by atoms with Crippen molar-refractivity contribution in [3.05, 3.63) is 29.8 Å². The molecule has 1 saturated carbocycles. The number of hydrogen-bond acceptors (Lipinski definition) is 9. The molecule has 6 atom stereocenters. The average molecular weight is 468 g/mol. The van der Waals surface area contributed by atoms with E-state index in [2.05, 4.69) is 5.32 Å². The maximum atomic E-state index is 13.4. The minimum absolute atomic E-state index is 0.0185. The van der Waals surface area contributed by atoms with E-state index in [9.17, 15) is 22.8 Å². The van der Waals surface area contributed by atoms with Crippen LogP contribution in [0.2, 0.25) is 0 Å². The molecule has 1 amide bonds. The number of carbonyl (C=O) groups excluding carboxylic acids is 3. The number of rotatable bonds is 4. The third-order valence-corrected chi connectivity index (χ3v) is 7.82. The molecule has 0 unspecified atom stereocenters. The fourth-order valence-corrected chi connectivity index (χ4v) is 6.30. The van der Waals surface area contributed by atoms with Gasteiger partial charge in [0.05, 0.1) is 11.5 Å². The molecule has 3 fully saturated rings. The third-order valence-electron chi connectivity index (χ3n) is 6.13. The first-order chi connectivity index (χ1) is 15.0. The lowest BCUT2D eigenvalue weighted by molar-refractivity contribution is -0.168. The molecule has 1 spiro atoms. The van der Waals surface area contributed by atoms with Crippen LogP contribution in [0, 0.1) is 12.8 Å². The van der Waals surface area contributed by atoms with Crippen molar-refractivity contribution in [2.45, 2.75) is 62.5 Å². The van der Waals surface area contributed by atoms with E-state index < -0.39 is 63.9 Å². The molecular weight excluding hydrogens is 444 g/mol. The number of ether oxygens (including phenoxy) is 3. The molecule has 32 heavy (non-hydrogen) atoms. The van der Waals surface area contributed by atoms with Gasteiger partial charge in [-0.15, -0.1) is 0 Å². The number of carbonyl (C=O) groups is 3. The van der Waals surface area contributed by atoms with Gasteiger partial charge in [0.1, 0.15) is 18.2 Å². The van der Waals surface area contributed by atoms with Crippen molar-refractivity contribution in [3.8, 4) is 0 Å². The van der Waals surface area contributed by atoms with E-state index in [1.165, 1.54) is 26.0 Å². The fraction of sp³-hybridized carbons (Fsp3) is 0.550. The van der Waals surface area contributed by atoms with E-state index in [4.69, 9.17) is 19.0 Å². The lowest BCUT2D eigenvalue weighted by Gasteiger charge is -2.38. The van der Waals surface area contributed by atoms with E-state index in [0.717, 1.165) is 10.0 Å². The summed E-state index contributed by atoms with van der Waals surface area (Å²) in [5.41, 5.74) is -0.620. The lowest BCUT2D eigenvalue weighted by Crippen LogP contribution is -2.65.